The number of hydrogen-bond donors (Lipinski definition) is 0. The standard InChI is InChI=1S/C11H11Cl2NO2/c12-8-5-9(13)10(14-6-8)11(15)7-1-3-16-4-2-7/h5-7H,1-4H2. The van der Waals surface area contributed by atoms with Gasteiger partial charge in [-0.25, -0.2) is 4.98 Å². The summed E-state index contributed by atoms with van der Waals surface area (Å²) < 4.78 is 5.21. The van der Waals surface area contributed by atoms with E-state index in [4.69, 9.17) is 27.9 Å². The Balaban J connectivity index is 2.19. The largest absolute Gasteiger partial charge is 0.381 e. The smallest absolute Gasteiger partial charge is 0.185 e. The van der Waals surface area contributed by atoms with E-state index >= 15 is 0 Å². The lowest BCUT2D eigenvalue weighted by molar-refractivity contribution is 0.0542. The highest BCUT2D eigenvalue weighted by atomic mass is 35.5. The molecule has 0 aromatic carbocycles. The van der Waals surface area contributed by atoms with Gasteiger partial charge in [0, 0.05) is 25.3 Å². The molecule has 0 amide bonds. The number of ketones is 1. The van der Waals surface area contributed by atoms with Gasteiger partial charge in [-0.1, -0.05) is 23.2 Å². The van der Waals surface area contributed by atoms with Crippen molar-refractivity contribution in [2.24, 2.45) is 5.92 Å². The second-order valence-electron chi connectivity index (χ2n) is 3.73. The highest BCUT2D eigenvalue weighted by Crippen LogP contribution is 2.25. The van der Waals surface area contributed by atoms with E-state index in [9.17, 15) is 4.79 Å². The number of halogens is 2. The fraction of sp³-hybridized carbons (Fsp3) is 0.455. The molecular weight excluding hydrogens is 249 g/mol. The van der Waals surface area contributed by atoms with E-state index in [0.717, 1.165) is 12.8 Å². The molecule has 1 aliphatic rings. The Morgan fingerprint density at radius 3 is 2.69 bits per heavy atom. The quantitative estimate of drug-likeness (QED) is 0.767. The normalized spacial score (nSPS) is 17.4. The lowest BCUT2D eigenvalue weighted by Gasteiger charge is -2.20. The molecule has 1 fully saturated rings. The number of pyridine rings is 1. The molecule has 86 valence electrons. The molecule has 1 aromatic heterocycles. The maximum absolute atomic E-state index is 12.1. The van der Waals surface area contributed by atoms with Crippen LogP contribution >= 0.6 is 23.2 Å². The predicted molar refractivity (Wildman–Crippen MR) is 62.1 cm³/mol. The Bertz CT molecular complexity index is 403. The number of ether oxygens (including phenoxy) is 1. The SMILES string of the molecule is O=C(c1ncc(Cl)cc1Cl)C1CCOCC1. The zero-order chi connectivity index (χ0) is 11.5. The molecule has 0 unspecified atom stereocenters. The molecule has 0 aliphatic carbocycles. The van der Waals surface area contributed by atoms with Crippen molar-refractivity contribution < 1.29 is 9.53 Å². The Labute approximate surface area is 104 Å². The molecule has 2 heterocycles. The van der Waals surface area contributed by atoms with E-state index in [1.54, 1.807) is 6.07 Å². The monoisotopic (exact) mass is 259 g/mol. The first-order valence-corrected chi connectivity index (χ1v) is 5.87. The van der Waals surface area contributed by atoms with Crippen LogP contribution in [-0.4, -0.2) is 24.0 Å². The number of carbonyl (C=O) groups is 1. The first-order chi connectivity index (χ1) is 7.68. The molecule has 0 N–H and O–H groups in total. The second kappa shape index (κ2) is 5.13. The average Bonchev–Trinajstić information content (AvgIpc) is 2.29. The van der Waals surface area contributed by atoms with Crippen LogP contribution in [0.15, 0.2) is 12.3 Å². The van der Waals surface area contributed by atoms with Crippen molar-refractivity contribution in [3.05, 3.63) is 28.0 Å². The van der Waals surface area contributed by atoms with Gasteiger partial charge in [-0.2, -0.15) is 0 Å². The molecule has 0 bridgehead atoms. The summed E-state index contributed by atoms with van der Waals surface area (Å²) >= 11 is 11.7. The summed E-state index contributed by atoms with van der Waals surface area (Å²) in [5.74, 6) is -0.0371. The van der Waals surface area contributed by atoms with Crippen molar-refractivity contribution >= 4 is 29.0 Å². The summed E-state index contributed by atoms with van der Waals surface area (Å²) in [6, 6.07) is 1.54. The van der Waals surface area contributed by atoms with Crippen LogP contribution < -0.4 is 0 Å². The lowest BCUT2D eigenvalue weighted by atomic mass is 9.93. The van der Waals surface area contributed by atoms with E-state index in [0.29, 0.717) is 29.0 Å². The number of rotatable bonds is 2. The van der Waals surface area contributed by atoms with Crippen LogP contribution in [0.25, 0.3) is 0 Å². The molecule has 16 heavy (non-hydrogen) atoms. The van der Waals surface area contributed by atoms with Gasteiger partial charge in [-0.05, 0) is 18.9 Å². The first-order valence-electron chi connectivity index (χ1n) is 5.11. The maximum atomic E-state index is 12.1. The maximum Gasteiger partial charge on any atom is 0.185 e. The highest BCUT2D eigenvalue weighted by molar-refractivity contribution is 6.36. The molecule has 1 aliphatic heterocycles. The third kappa shape index (κ3) is 2.54. The van der Waals surface area contributed by atoms with Crippen molar-refractivity contribution in [2.75, 3.05) is 13.2 Å². The number of aromatic nitrogens is 1. The van der Waals surface area contributed by atoms with E-state index in [2.05, 4.69) is 4.98 Å². The fourth-order valence-electron chi connectivity index (χ4n) is 1.75. The van der Waals surface area contributed by atoms with Crippen molar-refractivity contribution in [3.63, 3.8) is 0 Å². The van der Waals surface area contributed by atoms with Crippen LogP contribution in [0, 0.1) is 5.92 Å². The zero-order valence-electron chi connectivity index (χ0n) is 8.58. The molecule has 1 aromatic rings. The van der Waals surface area contributed by atoms with Gasteiger partial charge in [0.25, 0.3) is 0 Å². The van der Waals surface area contributed by atoms with Gasteiger partial charge in [-0.3, -0.25) is 4.79 Å². The molecule has 0 atom stereocenters. The molecule has 5 heteroatoms. The fourth-order valence-corrected chi connectivity index (χ4v) is 2.22. The molecule has 0 saturated carbocycles. The van der Waals surface area contributed by atoms with Crippen molar-refractivity contribution in [2.45, 2.75) is 12.8 Å². The van der Waals surface area contributed by atoms with Gasteiger partial charge in [0.2, 0.25) is 0 Å². The molecule has 0 radical (unpaired) electrons. The van der Waals surface area contributed by atoms with Crippen LogP contribution in [0.2, 0.25) is 10.0 Å². The van der Waals surface area contributed by atoms with Crippen molar-refractivity contribution in [1.82, 2.24) is 4.98 Å². The van der Waals surface area contributed by atoms with Crippen molar-refractivity contribution in [3.8, 4) is 0 Å². The number of nitrogens with zero attached hydrogens (tertiary/aromatic N) is 1. The molecular formula is C11H11Cl2NO2. The minimum absolute atomic E-state index is 0.00929. The van der Waals surface area contributed by atoms with Gasteiger partial charge in [0.1, 0.15) is 5.69 Å². The number of Topliss-reactive ketones (excluding diaryl/α,β-unsaturated/α-hetero) is 1. The van der Waals surface area contributed by atoms with Gasteiger partial charge < -0.3 is 4.74 Å². The lowest BCUT2D eigenvalue weighted by Crippen LogP contribution is -2.24. The highest BCUT2D eigenvalue weighted by Gasteiger charge is 2.25. The number of hydrogen-bond acceptors (Lipinski definition) is 3. The molecule has 2 rings (SSSR count). The van der Waals surface area contributed by atoms with Crippen LogP contribution in [0.4, 0.5) is 0 Å². The second-order valence-corrected chi connectivity index (χ2v) is 4.58. The van der Waals surface area contributed by atoms with Crippen LogP contribution in [-0.2, 0) is 4.74 Å². The predicted octanol–water partition coefficient (Wildman–Crippen LogP) is 3.00. The van der Waals surface area contributed by atoms with E-state index < -0.39 is 0 Å². The van der Waals surface area contributed by atoms with Crippen LogP contribution in [0.1, 0.15) is 23.3 Å². The summed E-state index contributed by atoms with van der Waals surface area (Å²) in [7, 11) is 0. The Morgan fingerprint density at radius 2 is 2.06 bits per heavy atom. The minimum atomic E-state index is -0.0278. The van der Waals surface area contributed by atoms with Gasteiger partial charge >= 0.3 is 0 Å². The minimum Gasteiger partial charge on any atom is -0.381 e. The summed E-state index contributed by atoms with van der Waals surface area (Å²) in [5.41, 5.74) is 0.318. The Kier molecular flexibility index (Phi) is 3.79. The average molecular weight is 260 g/mol. The molecule has 1 saturated heterocycles. The summed E-state index contributed by atoms with van der Waals surface area (Å²) in [4.78, 5) is 16.1. The summed E-state index contributed by atoms with van der Waals surface area (Å²) in [6.45, 7) is 1.25. The van der Waals surface area contributed by atoms with Crippen LogP contribution in [0.5, 0.6) is 0 Å². The van der Waals surface area contributed by atoms with Crippen LogP contribution in [0.3, 0.4) is 0 Å². The van der Waals surface area contributed by atoms with Gasteiger partial charge in [0.05, 0.1) is 10.0 Å². The van der Waals surface area contributed by atoms with Gasteiger partial charge in [-0.15, -0.1) is 0 Å². The van der Waals surface area contributed by atoms with Gasteiger partial charge in [0.15, 0.2) is 5.78 Å². The number of carbonyl (C=O) groups excluding carboxylic acids is 1. The summed E-state index contributed by atoms with van der Waals surface area (Å²) in [5, 5.41) is 0.762. The third-order valence-corrected chi connectivity index (χ3v) is 3.13. The summed E-state index contributed by atoms with van der Waals surface area (Å²) in [6.07, 6.45) is 2.92. The van der Waals surface area contributed by atoms with E-state index in [1.165, 1.54) is 6.20 Å². The zero-order valence-corrected chi connectivity index (χ0v) is 10.1. The Hall–Kier alpha value is -0.640. The van der Waals surface area contributed by atoms with E-state index in [-0.39, 0.29) is 11.7 Å². The third-order valence-electron chi connectivity index (χ3n) is 2.63. The first kappa shape index (κ1) is 11.8. The topological polar surface area (TPSA) is 39.2 Å². The molecule has 0 spiro atoms. The molecule has 3 nitrogen and oxygen atoms in total. The van der Waals surface area contributed by atoms with Crippen molar-refractivity contribution in [1.29, 1.82) is 0 Å². The van der Waals surface area contributed by atoms with E-state index in [1.807, 2.05) is 0 Å². The Morgan fingerprint density at radius 1 is 1.38 bits per heavy atom.